The highest BCUT2D eigenvalue weighted by molar-refractivity contribution is 5.91. The summed E-state index contributed by atoms with van der Waals surface area (Å²) in [6.45, 7) is 3.98. The zero-order valence-electron chi connectivity index (χ0n) is 18.8. The van der Waals surface area contributed by atoms with Gasteiger partial charge in [0.1, 0.15) is 23.6 Å². The molecule has 4 aromatic heterocycles. The monoisotopic (exact) mass is 438 g/mol. The Labute approximate surface area is 191 Å². The summed E-state index contributed by atoms with van der Waals surface area (Å²) in [7, 11) is 1.92. The Bertz CT molecular complexity index is 1400. The van der Waals surface area contributed by atoms with E-state index in [-0.39, 0.29) is 0 Å². The molecule has 0 amide bonds. The van der Waals surface area contributed by atoms with Crippen molar-refractivity contribution < 1.29 is 0 Å². The van der Waals surface area contributed by atoms with Crippen LogP contribution >= 0.6 is 0 Å². The Morgan fingerprint density at radius 3 is 2.58 bits per heavy atom. The number of imidazole rings is 1. The van der Waals surface area contributed by atoms with Gasteiger partial charge in [-0.1, -0.05) is 30.3 Å². The second-order valence-electron chi connectivity index (χ2n) is 8.77. The van der Waals surface area contributed by atoms with E-state index < -0.39 is 0 Å². The van der Waals surface area contributed by atoms with Crippen LogP contribution in [0.25, 0.3) is 33.5 Å². The number of anilines is 1. The minimum absolute atomic E-state index is 0.423. The first-order chi connectivity index (χ1) is 16.2. The van der Waals surface area contributed by atoms with Gasteiger partial charge < -0.3 is 14.9 Å². The van der Waals surface area contributed by atoms with Crippen molar-refractivity contribution in [2.24, 2.45) is 7.05 Å². The molecule has 1 saturated heterocycles. The molecule has 5 aromatic rings. The van der Waals surface area contributed by atoms with Crippen molar-refractivity contribution in [3.8, 4) is 22.5 Å². The lowest BCUT2D eigenvalue weighted by molar-refractivity contribution is 0.487. The molecule has 8 heteroatoms. The van der Waals surface area contributed by atoms with Crippen molar-refractivity contribution in [3.63, 3.8) is 0 Å². The van der Waals surface area contributed by atoms with Gasteiger partial charge in [0, 0.05) is 49.1 Å². The summed E-state index contributed by atoms with van der Waals surface area (Å²) >= 11 is 0. The molecule has 166 valence electrons. The zero-order chi connectivity index (χ0) is 22.4. The van der Waals surface area contributed by atoms with E-state index in [1.807, 2.05) is 25.5 Å². The molecule has 0 aliphatic carbocycles. The second-order valence-corrected chi connectivity index (χ2v) is 8.77. The lowest BCUT2D eigenvalue weighted by atomic mass is 9.96. The third-order valence-electron chi connectivity index (χ3n) is 6.55. The van der Waals surface area contributed by atoms with Gasteiger partial charge in [-0.25, -0.2) is 15.0 Å². The van der Waals surface area contributed by atoms with E-state index in [1.165, 1.54) is 0 Å². The molecule has 8 nitrogen and oxygen atoms in total. The Kier molecular flexibility index (Phi) is 4.71. The van der Waals surface area contributed by atoms with Crippen LogP contribution in [0.15, 0.2) is 55.1 Å². The molecule has 0 saturated carbocycles. The van der Waals surface area contributed by atoms with Crippen molar-refractivity contribution in [2.75, 3.05) is 18.0 Å². The summed E-state index contributed by atoms with van der Waals surface area (Å²) in [5, 5.41) is 5.33. The maximum Gasteiger partial charge on any atom is 0.143 e. The number of H-pyrrole nitrogens is 2. The Balaban J connectivity index is 1.22. The number of hydrogen-bond donors (Lipinski definition) is 2. The molecule has 1 aromatic carbocycles. The van der Waals surface area contributed by atoms with E-state index in [4.69, 9.17) is 4.98 Å². The predicted molar refractivity (Wildman–Crippen MR) is 129 cm³/mol. The normalized spacial score (nSPS) is 14.9. The highest BCUT2D eigenvalue weighted by Crippen LogP contribution is 2.34. The van der Waals surface area contributed by atoms with Gasteiger partial charge >= 0.3 is 0 Å². The minimum Gasteiger partial charge on any atom is -0.356 e. The molecule has 33 heavy (non-hydrogen) atoms. The average Bonchev–Trinajstić information content (AvgIpc) is 3.57. The number of fused-ring (bicyclic) bond motifs is 1. The summed E-state index contributed by atoms with van der Waals surface area (Å²) in [5.74, 6) is 2.51. The van der Waals surface area contributed by atoms with E-state index in [0.717, 1.165) is 76.8 Å². The highest BCUT2D eigenvalue weighted by atomic mass is 15.2. The Hall–Kier alpha value is -3.94. The van der Waals surface area contributed by atoms with Crippen LogP contribution in [0, 0.1) is 6.92 Å². The third-order valence-corrected chi connectivity index (χ3v) is 6.55. The van der Waals surface area contributed by atoms with E-state index >= 15 is 0 Å². The minimum atomic E-state index is 0.423. The smallest absolute Gasteiger partial charge is 0.143 e. The van der Waals surface area contributed by atoms with Crippen LogP contribution in [0.4, 0.5) is 5.82 Å². The van der Waals surface area contributed by atoms with Crippen LogP contribution in [0.1, 0.15) is 30.3 Å². The van der Waals surface area contributed by atoms with Crippen molar-refractivity contribution in [2.45, 2.75) is 25.7 Å². The molecule has 6 rings (SSSR count). The molecular weight excluding hydrogens is 412 g/mol. The van der Waals surface area contributed by atoms with Gasteiger partial charge in [0.15, 0.2) is 0 Å². The molecule has 1 aliphatic heterocycles. The van der Waals surface area contributed by atoms with Crippen LogP contribution in [-0.4, -0.2) is 47.8 Å². The number of rotatable bonds is 4. The Morgan fingerprint density at radius 2 is 1.82 bits per heavy atom. The Morgan fingerprint density at radius 1 is 1.00 bits per heavy atom. The maximum absolute atomic E-state index is 4.98. The van der Waals surface area contributed by atoms with E-state index in [9.17, 15) is 0 Å². The summed E-state index contributed by atoms with van der Waals surface area (Å²) < 4.78 is 1.80. The fourth-order valence-electron chi connectivity index (χ4n) is 4.81. The van der Waals surface area contributed by atoms with Gasteiger partial charge in [-0.05, 0) is 25.8 Å². The fraction of sp³-hybridized carbons (Fsp3) is 0.280. The number of nitrogens with one attached hydrogen (secondary N) is 2. The second kappa shape index (κ2) is 7.88. The van der Waals surface area contributed by atoms with Gasteiger partial charge in [-0.2, -0.15) is 5.10 Å². The quantitative estimate of drug-likeness (QED) is 0.433. The van der Waals surface area contributed by atoms with Gasteiger partial charge in [0.2, 0.25) is 0 Å². The molecule has 0 spiro atoms. The highest BCUT2D eigenvalue weighted by Gasteiger charge is 2.26. The summed E-state index contributed by atoms with van der Waals surface area (Å²) in [4.78, 5) is 23.4. The standard InChI is InChI=1S/C25H26N8/c1-16-22(17-6-4-3-5-7-17)31-23(29-16)18-8-10-33(11-9-18)25-20-12-21(19-13-28-32(2)14-19)30-24(20)26-15-27-25/h3-7,12-15,18H,8-11H2,1-2H3,(H,29,31)(H,26,27,30). The van der Waals surface area contributed by atoms with Crippen molar-refractivity contribution in [3.05, 3.63) is 66.6 Å². The van der Waals surface area contributed by atoms with Crippen molar-refractivity contribution in [1.29, 1.82) is 0 Å². The number of hydrogen-bond acceptors (Lipinski definition) is 5. The van der Waals surface area contributed by atoms with Crippen molar-refractivity contribution in [1.82, 2.24) is 34.7 Å². The lowest BCUT2D eigenvalue weighted by Crippen LogP contribution is -2.33. The molecule has 1 aliphatic rings. The first-order valence-corrected chi connectivity index (χ1v) is 11.4. The molecule has 2 N–H and O–H groups in total. The predicted octanol–water partition coefficient (Wildman–Crippen LogP) is 4.44. The SMILES string of the molecule is Cc1[nH]c(C2CCN(c3ncnc4[nH]c(-c5cnn(C)c5)cc34)CC2)nc1-c1ccccc1. The molecule has 0 bridgehead atoms. The van der Waals surface area contributed by atoms with Gasteiger partial charge in [-0.15, -0.1) is 0 Å². The van der Waals surface area contributed by atoms with E-state index in [2.05, 4.69) is 67.2 Å². The van der Waals surface area contributed by atoms with Crippen LogP contribution in [0.2, 0.25) is 0 Å². The molecule has 0 unspecified atom stereocenters. The average molecular weight is 439 g/mol. The first kappa shape index (κ1) is 19.7. The molecule has 0 atom stereocenters. The summed E-state index contributed by atoms with van der Waals surface area (Å²) in [6.07, 6.45) is 7.57. The van der Waals surface area contributed by atoms with Crippen LogP contribution < -0.4 is 4.90 Å². The fourth-order valence-corrected chi connectivity index (χ4v) is 4.81. The van der Waals surface area contributed by atoms with Crippen LogP contribution in [0.3, 0.4) is 0 Å². The third kappa shape index (κ3) is 3.57. The van der Waals surface area contributed by atoms with E-state index in [0.29, 0.717) is 5.92 Å². The molecule has 5 heterocycles. The zero-order valence-corrected chi connectivity index (χ0v) is 18.8. The van der Waals surface area contributed by atoms with Gasteiger partial charge in [-0.3, -0.25) is 4.68 Å². The van der Waals surface area contributed by atoms with Gasteiger partial charge in [0.25, 0.3) is 0 Å². The molecule has 0 radical (unpaired) electrons. The molecular formula is C25H26N8. The number of nitrogens with zero attached hydrogens (tertiary/aromatic N) is 6. The number of benzene rings is 1. The van der Waals surface area contributed by atoms with Crippen LogP contribution in [-0.2, 0) is 7.05 Å². The number of aromatic amines is 2. The van der Waals surface area contributed by atoms with Crippen LogP contribution in [0.5, 0.6) is 0 Å². The van der Waals surface area contributed by atoms with Crippen molar-refractivity contribution >= 4 is 16.9 Å². The topological polar surface area (TPSA) is 91.3 Å². The number of aromatic nitrogens is 7. The van der Waals surface area contributed by atoms with E-state index in [1.54, 1.807) is 11.0 Å². The lowest BCUT2D eigenvalue weighted by Gasteiger charge is -2.32. The molecule has 1 fully saturated rings. The summed E-state index contributed by atoms with van der Waals surface area (Å²) in [6, 6.07) is 12.5. The summed E-state index contributed by atoms with van der Waals surface area (Å²) in [5.41, 5.74) is 6.26. The number of piperidine rings is 1. The first-order valence-electron chi connectivity index (χ1n) is 11.4. The van der Waals surface area contributed by atoms with Gasteiger partial charge in [0.05, 0.1) is 23.0 Å². The number of aryl methyl sites for hydroxylation is 2. The largest absolute Gasteiger partial charge is 0.356 e. The maximum atomic E-state index is 4.98.